The fourth-order valence-corrected chi connectivity index (χ4v) is 4.14. The second kappa shape index (κ2) is 10.1. The molecule has 0 aromatic heterocycles. The molecule has 1 aliphatic heterocycles. The molecule has 3 aromatic carbocycles. The lowest BCUT2D eigenvalue weighted by Gasteiger charge is -2.26. The first-order chi connectivity index (χ1) is 16.6. The van der Waals surface area contributed by atoms with Crippen LogP contribution in [-0.2, 0) is 16.2 Å². The topological polar surface area (TPSA) is 75.7 Å². The summed E-state index contributed by atoms with van der Waals surface area (Å²) in [4.78, 5) is 39.3. The van der Waals surface area contributed by atoms with Crippen LogP contribution in [0.3, 0.4) is 0 Å². The van der Waals surface area contributed by atoms with Crippen LogP contribution in [0.5, 0.6) is 5.75 Å². The van der Waals surface area contributed by atoms with Gasteiger partial charge in [-0.25, -0.2) is 9.69 Å². The molecule has 3 aromatic rings. The fourth-order valence-electron chi connectivity index (χ4n) is 3.59. The minimum Gasteiger partial charge on any atom is -0.488 e. The quantitative estimate of drug-likeness (QED) is 0.298. The van der Waals surface area contributed by atoms with Gasteiger partial charge >= 0.3 is 6.03 Å². The molecular formula is C27H22BrClN2O4. The van der Waals surface area contributed by atoms with Crippen LogP contribution in [0.15, 0.2) is 64.6 Å². The molecule has 6 nitrogen and oxygen atoms in total. The number of benzene rings is 3. The average molecular weight is 554 g/mol. The van der Waals surface area contributed by atoms with Crippen LogP contribution < -0.4 is 15.0 Å². The lowest BCUT2D eigenvalue weighted by molar-refractivity contribution is -0.122. The molecule has 1 heterocycles. The summed E-state index contributed by atoms with van der Waals surface area (Å²) in [5.74, 6) is -1.05. The van der Waals surface area contributed by atoms with E-state index in [1.165, 1.54) is 17.7 Å². The van der Waals surface area contributed by atoms with Gasteiger partial charge in [-0.3, -0.25) is 14.9 Å². The normalized spacial score (nSPS) is 14.9. The zero-order chi connectivity index (χ0) is 25.3. The Labute approximate surface area is 216 Å². The number of imide groups is 2. The number of barbiturate groups is 1. The Morgan fingerprint density at radius 2 is 1.69 bits per heavy atom. The number of amides is 4. The smallest absolute Gasteiger partial charge is 0.335 e. The molecule has 1 aliphatic rings. The summed E-state index contributed by atoms with van der Waals surface area (Å²) >= 11 is 9.62. The van der Waals surface area contributed by atoms with Crippen LogP contribution in [-0.4, -0.2) is 17.8 Å². The molecule has 1 fully saturated rings. The highest BCUT2D eigenvalue weighted by atomic mass is 79.9. The van der Waals surface area contributed by atoms with Crippen molar-refractivity contribution in [3.8, 4) is 5.75 Å². The summed E-state index contributed by atoms with van der Waals surface area (Å²) < 4.78 is 6.78. The number of hydrogen-bond acceptors (Lipinski definition) is 4. The van der Waals surface area contributed by atoms with Crippen molar-refractivity contribution in [2.75, 3.05) is 4.90 Å². The molecule has 0 unspecified atom stereocenters. The molecule has 8 heteroatoms. The number of urea groups is 1. The van der Waals surface area contributed by atoms with Crippen molar-refractivity contribution in [3.63, 3.8) is 0 Å². The van der Waals surface area contributed by atoms with E-state index in [0.717, 1.165) is 26.1 Å². The van der Waals surface area contributed by atoms with E-state index in [9.17, 15) is 14.4 Å². The molecule has 4 rings (SSSR count). The maximum atomic E-state index is 13.3. The number of rotatable bonds is 5. The maximum absolute atomic E-state index is 13.3. The SMILES string of the molecule is Cc1ccc(COc2ccc(Br)cc2/C=C2\C(=O)NC(=O)N(c3ccc(C)c(Cl)c3)C2=O)cc1C. The second-order valence-electron chi connectivity index (χ2n) is 8.28. The van der Waals surface area contributed by atoms with Crippen molar-refractivity contribution in [1.82, 2.24) is 5.32 Å². The lowest BCUT2D eigenvalue weighted by Crippen LogP contribution is -2.54. The van der Waals surface area contributed by atoms with Gasteiger partial charge in [0.2, 0.25) is 0 Å². The van der Waals surface area contributed by atoms with Crippen molar-refractivity contribution in [2.24, 2.45) is 0 Å². The summed E-state index contributed by atoms with van der Waals surface area (Å²) in [6, 6.07) is 15.4. The van der Waals surface area contributed by atoms with Gasteiger partial charge in [0.15, 0.2) is 0 Å². The third kappa shape index (κ3) is 5.31. The minimum atomic E-state index is -0.836. The molecule has 1 N–H and O–H groups in total. The van der Waals surface area contributed by atoms with Gasteiger partial charge in [0.05, 0.1) is 5.69 Å². The van der Waals surface area contributed by atoms with Gasteiger partial charge in [-0.2, -0.15) is 0 Å². The largest absolute Gasteiger partial charge is 0.488 e. The van der Waals surface area contributed by atoms with E-state index in [0.29, 0.717) is 22.9 Å². The Hall–Kier alpha value is -3.42. The van der Waals surface area contributed by atoms with Crippen molar-refractivity contribution < 1.29 is 19.1 Å². The zero-order valence-electron chi connectivity index (χ0n) is 19.3. The molecule has 1 saturated heterocycles. The fraction of sp³-hybridized carbons (Fsp3) is 0.148. The highest BCUT2D eigenvalue weighted by Gasteiger charge is 2.37. The molecule has 35 heavy (non-hydrogen) atoms. The van der Waals surface area contributed by atoms with Gasteiger partial charge in [-0.05, 0) is 79.4 Å². The molecule has 0 radical (unpaired) electrons. The van der Waals surface area contributed by atoms with E-state index in [-0.39, 0.29) is 11.3 Å². The van der Waals surface area contributed by atoms with Crippen LogP contribution in [0.25, 0.3) is 6.08 Å². The van der Waals surface area contributed by atoms with E-state index in [1.807, 2.05) is 39.0 Å². The third-order valence-corrected chi connectivity index (χ3v) is 6.65. The molecule has 0 bridgehead atoms. The van der Waals surface area contributed by atoms with Crippen LogP contribution in [0.4, 0.5) is 10.5 Å². The van der Waals surface area contributed by atoms with Crippen molar-refractivity contribution >= 4 is 57.1 Å². The molecule has 0 aliphatic carbocycles. The first-order valence-corrected chi connectivity index (χ1v) is 12.0. The van der Waals surface area contributed by atoms with E-state index >= 15 is 0 Å². The summed E-state index contributed by atoms with van der Waals surface area (Å²) in [5.41, 5.74) is 4.73. The van der Waals surface area contributed by atoms with Crippen LogP contribution in [0.2, 0.25) is 5.02 Å². The monoisotopic (exact) mass is 552 g/mol. The number of carbonyl (C=O) groups excluding carboxylic acids is 3. The Balaban J connectivity index is 1.67. The van der Waals surface area contributed by atoms with Gasteiger partial charge < -0.3 is 4.74 Å². The molecule has 0 atom stereocenters. The van der Waals surface area contributed by atoms with Gasteiger partial charge in [-0.15, -0.1) is 0 Å². The van der Waals surface area contributed by atoms with Crippen molar-refractivity contribution in [1.29, 1.82) is 0 Å². The Morgan fingerprint density at radius 1 is 0.943 bits per heavy atom. The summed E-state index contributed by atoms with van der Waals surface area (Å²) in [7, 11) is 0. The number of hydrogen-bond donors (Lipinski definition) is 1. The minimum absolute atomic E-state index is 0.199. The molecular weight excluding hydrogens is 532 g/mol. The first kappa shape index (κ1) is 24.7. The van der Waals surface area contributed by atoms with Gasteiger partial charge in [0.1, 0.15) is 17.9 Å². The second-order valence-corrected chi connectivity index (χ2v) is 9.60. The van der Waals surface area contributed by atoms with Gasteiger partial charge in [-0.1, -0.05) is 51.8 Å². The van der Waals surface area contributed by atoms with E-state index in [4.69, 9.17) is 16.3 Å². The number of ether oxygens (including phenoxy) is 1. The number of nitrogens with one attached hydrogen (secondary N) is 1. The van der Waals surface area contributed by atoms with Crippen molar-refractivity contribution in [3.05, 3.63) is 97.5 Å². The lowest BCUT2D eigenvalue weighted by atomic mass is 10.1. The standard InChI is InChI=1S/C27H22BrClN2O4/c1-15-4-6-18(10-17(15)3)14-35-24-9-7-20(28)11-19(24)12-22-25(32)30-27(34)31(26(22)33)21-8-5-16(2)23(29)13-21/h4-13H,14H2,1-3H3,(H,30,32,34)/b22-12+. The van der Waals surface area contributed by atoms with Crippen molar-refractivity contribution in [2.45, 2.75) is 27.4 Å². The highest BCUT2D eigenvalue weighted by Crippen LogP contribution is 2.30. The summed E-state index contributed by atoms with van der Waals surface area (Å²) in [5, 5.41) is 2.63. The van der Waals surface area contributed by atoms with E-state index in [1.54, 1.807) is 24.3 Å². The number of aryl methyl sites for hydroxylation is 3. The number of halogens is 2. The Kier molecular flexibility index (Phi) is 7.10. The summed E-state index contributed by atoms with van der Waals surface area (Å²) in [6.07, 6.45) is 1.42. The van der Waals surface area contributed by atoms with Crippen LogP contribution >= 0.6 is 27.5 Å². The number of anilines is 1. The Bertz CT molecular complexity index is 1400. The molecule has 0 spiro atoms. The Morgan fingerprint density at radius 3 is 2.40 bits per heavy atom. The number of nitrogens with zero attached hydrogens (tertiary/aromatic N) is 1. The van der Waals surface area contributed by atoms with E-state index < -0.39 is 17.8 Å². The summed E-state index contributed by atoms with van der Waals surface area (Å²) in [6.45, 7) is 6.21. The van der Waals surface area contributed by atoms with E-state index in [2.05, 4.69) is 27.3 Å². The molecule has 4 amide bonds. The molecule has 178 valence electrons. The maximum Gasteiger partial charge on any atom is 0.335 e. The van der Waals surface area contributed by atoms with Crippen LogP contribution in [0.1, 0.15) is 27.8 Å². The molecule has 0 saturated carbocycles. The van der Waals surface area contributed by atoms with Gasteiger partial charge in [0, 0.05) is 15.1 Å². The van der Waals surface area contributed by atoms with Crippen LogP contribution in [0, 0.1) is 20.8 Å². The first-order valence-electron chi connectivity index (χ1n) is 10.8. The predicted octanol–water partition coefficient (Wildman–Crippen LogP) is 6.27. The van der Waals surface area contributed by atoms with Gasteiger partial charge in [0.25, 0.3) is 11.8 Å². The predicted molar refractivity (Wildman–Crippen MR) is 140 cm³/mol. The zero-order valence-corrected chi connectivity index (χ0v) is 21.7. The average Bonchev–Trinajstić information content (AvgIpc) is 2.80. The number of carbonyl (C=O) groups is 3. The highest BCUT2D eigenvalue weighted by molar-refractivity contribution is 9.10. The third-order valence-electron chi connectivity index (χ3n) is 5.75.